The molecule has 1 N–H and O–H groups in total. The summed E-state index contributed by atoms with van der Waals surface area (Å²) in [6.07, 6.45) is 2.94. The third-order valence-corrected chi connectivity index (χ3v) is 5.37. The lowest BCUT2D eigenvalue weighted by Gasteiger charge is -2.39. The number of carbonyl (C=O) groups is 1. The van der Waals surface area contributed by atoms with Crippen molar-refractivity contribution in [3.63, 3.8) is 0 Å². The van der Waals surface area contributed by atoms with E-state index in [1.54, 1.807) is 5.51 Å². The Balaban J connectivity index is 1.58. The van der Waals surface area contributed by atoms with E-state index in [0.29, 0.717) is 6.04 Å². The number of amides is 1. The van der Waals surface area contributed by atoms with Crippen molar-refractivity contribution < 1.29 is 9.90 Å². The number of rotatable bonds is 2. The number of aryl methyl sites for hydroxylation is 1. The number of hydrogen-bond acceptors (Lipinski definition) is 5. The van der Waals surface area contributed by atoms with Crippen LogP contribution in [0, 0.1) is 6.92 Å². The molecule has 0 aromatic carbocycles. The maximum Gasteiger partial charge on any atom is 0.265 e. The van der Waals surface area contributed by atoms with Gasteiger partial charge in [-0.15, -0.1) is 11.3 Å². The van der Waals surface area contributed by atoms with Crippen molar-refractivity contribution in [3.05, 3.63) is 16.1 Å². The number of thiazole rings is 1. The van der Waals surface area contributed by atoms with Crippen molar-refractivity contribution in [1.82, 2.24) is 14.8 Å². The topological polar surface area (TPSA) is 56.7 Å². The van der Waals surface area contributed by atoms with Crippen molar-refractivity contribution in [2.45, 2.75) is 38.3 Å². The standard InChI is InChI=1S/C14H21N3O2S/c1-10-13(20-9-15-10)14(19)17-7-5-16(6-8-17)11-3-2-4-12(11)18/h9,11-12,18H,2-8H2,1H3/t11-,12-/m0/s1. The quantitative estimate of drug-likeness (QED) is 0.888. The van der Waals surface area contributed by atoms with Crippen LogP contribution in [0.5, 0.6) is 0 Å². The summed E-state index contributed by atoms with van der Waals surface area (Å²) in [6.45, 7) is 5.12. The Morgan fingerprint density at radius 3 is 2.65 bits per heavy atom. The minimum absolute atomic E-state index is 0.108. The number of aliphatic hydroxyl groups is 1. The van der Waals surface area contributed by atoms with Crippen LogP contribution in [0.2, 0.25) is 0 Å². The zero-order valence-electron chi connectivity index (χ0n) is 11.8. The Kier molecular flexibility index (Phi) is 4.05. The molecule has 110 valence electrons. The number of aromatic nitrogens is 1. The maximum absolute atomic E-state index is 12.4. The largest absolute Gasteiger partial charge is 0.391 e. The molecule has 1 aliphatic carbocycles. The van der Waals surface area contributed by atoms with Gasteiger partial charge in [0.05, 0.1) is 17.3 Å². The minimum atomic E-state index is -0.180. The molecule has 2 fully saturated rings. The molecule has 1 saturated carbocycles. The molecule has 2 atom stereocenters. The minimum Gasteiger partial charge on any atom is -0.391 e. The van der Waals surface area contributed by atoms with Gasteiger partial charge in [-0.05, 0) is 26.2 Å². The van der Waals surface area contributed by atoms with Crippen LogP contribution in [0.3, 0.4) is 0 Å². The number of nitrogens with zero attached hydrogens (tertiary/aromatic N) is 3. The van der Waals surface area contributed by atoms with E-state index >= 15 is 0 Å². The van der Waals surface area contributed by atoms with Crippen molar-refractivity contribution in [1.29, 1.82) is 0 Å². The average Bonchev–Trinajstić information content (AvgIpc) is 3.07. The zero-order valence-corrected chi connectivity index (χ0v) is 12.6. The highest BCUT2D eigenvalue weighted by atomic mass is 32.1. The molecular formula is C14H21N3O2S. The van der Waals surface area contributed by atoms with E-state index in [1.807, 2.05) is 11.8 Å². The highest BCUT2D eigenvalue weighted by Gasteiger charge is 2.33. The van der Waals surface area contributed by atoms with Crippen LogP contribution >= 0.6 is 11.3 Å². The van der Waals surface area contributed by atoms with Gasteiger partial charge in [0.25, 0.3) is 5.91 Å². The van der Waals surface area contributed by atoms with E-state index in [1.165, 1.54) is 11.3 Å². The summed E-state index contributed by atoms with van der Waals surface area (Å²) in [5, 5.41) is 9.97. The normalized spacial score (nSPS) is 28.0. The molecule has 6 heteroatoms. The number of carbonyl (C=O) groups excluding carboxylic acids is 1. The lowest BCUT2D eigenvalue weighted by atomic mass is 10.1. The van der Waals surface area contributed by atoms with Crippen LogP contribution in [0.4, 0.5) is 0 Å². The monoisotopic (exact) mass is 295 g/mol. The second kappa shape index (κ2) is 5.79. The Morgan fingerprint density at radius 1 is 1.35 bits per heavy atom. The molecule has 1 aromatic heterocycles. The van der Waals surface area contributed by atoms with E-state index in [2.05, 4.69) is 9.88 Å². The fraction of sp³-hybridized carbons (Fsp3) is 0.714. The second-order valence-electron chi connectivity index (χ2n) is 5.66. The number of hydrogen-bond donors (Lipinski definition) is 1. The van der Waals surface area contributed by atoms with E-state index in [9.17, 15) is 9.90 Å². The summed E-state index contributed by atoms with van der Waals surface area (Å²) in [6, 6.07) is 0.303. The van der Waals surface area contributed by atoms with Gasteiger partial charge in [0.1, 0.15) is 4.88 Å². The summed E-state index contributed by atoms with van der Waals surface area (Å²) in [5.74, 6) is 0.108. The molecule has 5 nitrogen and oxygen atoms in total. The van der Waals surface area contributed by atoms with E-state index < -0.39 is 0 Å². The van der Waals surface area contributed by atoms with E-state index in [4.69, 9.17) is 0 Å². The van der Waals surface area contributed by atoms with Crippen molar-refractivity contribution in [3.8, 4) is 0 Å². The molecule has 1 aliphatic heterocycles. The molecule has 3 rings (SSSR count). The van der Waals surface area contributed by atoms with Gasteiger partial charge in [-0.1, -0.05) is 0 Å². The molecule has 20 heavy (non-hydrogen) atoms. The van der Waals surface area contributed by atoms with Gasteiger partial charge in [-0.25, -0.2) is 4.98 Å². The number of piperazine rings is 1. The fourth-order valence-corrected chi connectivity index (χ4v) is 4.02. The smallest absolute Gasteiger partial charge is 0.265 e. The molecule has 0 radical (unpaired) electrons. The first-order chi connectivity index (χ1) is 9.66. The van der Waals surface area contributed by atoms with Crippen LogP contribution in [-0.4, -0.2) is 64.1 Å². The van der Waals surface area contributed by atoms with Crippen LogP contribution in [0.1, 0.15) is 34.6 Å². The number of aliphatic hydroxyl groups excluding tert-OH is 1. The summed E-state index contributed by atoms with van der Waals surface area (Å²) in [7, 11) is 0. The third-order valence-electron chi connectivity index (χ3n) is 4.45. The second-order valence-corrected chi connectivity index (χ2v) is 6.52. The van der Waals surface area contributed by atoms with Crippen LogP contribution in [0.15, 0.2) is 5.51 Å². The van der Waals surface area contributed by atoms with Gasteiger partial charge >= 0.3 is 0 Å². The van der Waals surface area contributed by atoms with E-state index in [0.717, 1.165) is 56.0 Å². The first-order valence-electron chi connectivity index (χ1n) is 7.28. The van der Waals surface area contributed by atoms with Gasteiger partial charge in [0.2, 0.25) is 0 Å². The molecule has 2 aliphatic rings. The van der Waals surface area contributed by atoms with Gasteiger partial charge < -0.3 is 10.0 Å². The summed E-state index contributed by atoms with van der Waals surface area (Å²) < 4.78 is 0. The van der Waals surface area contributed by atoms with E-state index in [-0.39, 0.29) is 12.0 Å². The Labute approximate surface area is 123 Å². The van der Waals surface area contributed by atoms with Gasteiger partial charge in [0, 0.05) is 32.2 Å². The summed E-state index contributed by atoms with van der Waals surface area (Å²) in [4.78, 5) is 21.6. The summed E-state index contributed by atoms with van der Waals surface area (Å²) >= 11 is 1.42. The predicted molar refractivity (Wildman–Crippen MR) is 78.0 cm³/mol. The molecule has 0 unspecified atom stereocenters. The van der Waals surface area contributed by atoms with Crippen LogP contribution < -0.4 is 0 Å². The molecule has 1 aromatic rings. The third kappa shape index (κ3) is 2.60. The summed E-state index contributed by atoms with van der Waals surface area (Å²) in [5.41, 5.74) is 2.56. The molecule has 0 bridgehead atoms. The van der Waals surface area contributed by atoms with Crippen molar-refractivity contribution in [2.75, 3.05) is 26.2 Å². The Bertz CT molecular complexity index is 483. The van der Waals surface area contributed by atoms with Gasteiger partial charge in [-0.3, -0.25) is 9.69 Å². The highest BCUT2D eigenvalue weighted by molar-refractivity contribution is 7.11. The lowest BCUT2D eigenvalue weighted by molar-refractivity contribution is 0.0317. The molecule has 1 saturated heterocycles. The molecule has 2 heterocycles. The molecular weight excluding hydrogens is 274 g/mol. The van der Waals surface area contributed by atoms with Crippen molar-refractivity contribution in [2.24, 2.45) is 0 Å². The van der Waals surface area contributed by atoms with Crippen LogP contribution in [-0.2, 0) is 0 Å². The highest BCUT2D eigenvalue weighted by Crippen LogP contribution is 2.25. The molecule has 0 spiro atoms. The SMILES string of the molecule is Cc1ncsc1C(=O)N1CCN([C@H]2CCC[C@@H]2O)CC1. The van der Waals surface area contributed by atoms with Gasteiger partial charge in [0.15, 0.2) is 0 Å². The van der Waals surface area contributed by atoms with Gasteiger partial charge in [-0.2, -0.15) is 0 Å². The lowest BCUT2D eigenvalue weighted by Crippen LogP contribution is -2.53. The Hall–Kier alpha value is -0.980. The predicted octanol–water partition coefficient (Wildman–Crippen LogP) is 1.12. The molecule has 1 amide bonds. The van der Waals surface area contributed by atoms with Crippen LogP contribution in [0.25, 0.3) is 0 Å². The first-order valence-corrected chi connectivity index (χ1v) is 8.16. The maximum atomic E-state index is 12.4. The fourth-order valence-electron chi connectivity index (χ4n) is 3.25. The zero-order chi connectivity index (χ0) is 14.1. The average molecular weight is 295 g/mol. The van der Waals surface area contributed by atoms with Crippen molar-refractivity contribution >= 4 is 17.2 Å². The Morgan fingerprint density at radius 2 is 2.10 bits per heavy atom. The first kappa shape index (κ1) is 14.0.